The number of rotatable bonds is 5. The summed E-state index contributed by atoms with van der Waals surface area (Å²) in [6.45, 7) is 0. The lowest BCUT2D eigenvalue weighted by Gasteiger charge is -2.29. The van der Waals surface area contributed by atoms with Crippen LogP contribution in [0.3, 0.4) is 0 Å². The number of nitrogen functional groups attached to an aromatic ring is 1. The molecule has 0 radical (unpaired) electrons. The van der Waals surface area contributed by atoms with E-state index in [0.29, 0.717) is 30.0 Å². The van der Waals surface area contributed by atoms with Gasteiger partial charge in [0.15, 0.2) is 0 Å². The number of nitrogens with two attached hydrogens (primary N) is 2. The molecule has 178 valence electrons. The number of nitrogens with zero attached hydrogens (tertiary/aromatic N) is 1. The van der Waals surface area contributed by atoms with Crippen LogP contribution in [-0.4, -0.2) is 16.4 Å². The Kier molecular flexibility index (Phi) is 6.86. The van der Waals surface area contributed by atoms with Gasteiger partial charge in [-0.1, -0.05) is 38.5 Å². The number of aryl methyl sites for hydroxylation is 2. The average molecular weight is 454 g/mol. The lowest BCUT2D eigenvalue weighted by Crippen LogP contribution is -2.38. The second-order valence-corrected chi connectivity index (χ2v) is 10.0. The second-order valence-electron chi connectivity index (χ2n) is 10.0. The number of fused-ring (bicyclic) bond motifs is 3. The van der Waals surface area contributed by atoms with E-state index < -0.39 is 22.4 Å². The first-order valence-electron chi connectivity index (χ1n) is 12.5. The Morgan fingerprint density at radius 3 is 2.12 bits per heavy atom. The average Bonchev–Trinajstić information content (AvgIpc) is 3.08. The molecule has 2 heterocycles. The largest absolute Gasteiger partial charge is 0.398 e. The Hall–Kier alpha value is -2.70. The Bertz CT molecular complexity index is 1160. The summed E-state index contributed by atoms with van der Waals surface area (Å²) < 4.78 is 0.802. The first kappa shape index (κ1) is 23.5. The van der Waals surface area contributed by atoms with Gasteiger partial charge in [-0.3, -0.25) is 19.2 Å². The maximum absolute atomic E-state index is 13.4. The summed E-state index contributed by atoms with van der Waals surface area (Å²) in [7, 11) is 0. The van der Waals surface area contributed by atoms with Crippen LogP contribution in [0.25, 0.3) is 10.8 Å². The summed E-state index contributed by atoms with van der Waals surface area (Å²) in [5.74, 6) is -0.823. The number of anilines is 1. The normalized spacial score (nSPS) is 18.8. The van der Waals surface area contributed by atoms with Gasteiger partial charge in [-0.2, -0.15) is 0 Å². The van der Waals surface area contributed by atoms with Crippen LogP contribution in [0.2, 0.25) is 0 Å². The van der Waals surface area contributed by atoms with Gasteiger partial charge >= 0.3 is 0 Å². The van der Waals surface area contributed by atoms with Gasteiger partial charge in [0.05, 0.1) is 5.39 Å². The molecule has 1 aromatic carbocycles. The summed E-state index contributed by atoms with van der Waals surface area (Å²) in [5, 5.41) is 0.719. The Morgan fingerprint density at radius 2 is 1.48 bits per heavy atom. The van der Waals surface area contributed by atoms with Crippen molar-refractivity contribution < 1.29 is 9.59 Å². The van der Waals surface area contributed by atoms with E-state index in [-0.39, 0.29) is 18.0 Å². The van der Waals surface area contributed by atoms with E-state index in [2.05, 4.69) is 0 Å². The van der Waals surface area contributed by atoms with Crippen molar-refractivity contribution in [3.63, 3.8) is 0 Å². The quantitative estimate of drug-likeness (QED) is 0.528. The zero-order chi connectivity index (χ0) is 23.6. The third-order valence-electron chi connectivity index (χ3n) is 7.91. The molecule has 2 aliphatic carbocycles. The molecule has 3 aromatic rings. The van der Waals surface area contributed by atoms with Crippen LogP contribution in [0.5, 0.6) is 0 Å². The van der Waals surface area contributed by atoms with Crippen LogP contribution in [0.15, 0.2) is 15.7 Å². The zero-order valence-electron chi connectivity index (χ0n) is 19.4. The number of hydrogen-bond donors (Lipinski definition) is 2. The van der Waals surface area contributed by atoms with E-state index in [1.54, 1.807) is 6.07 Å². The number of carbonyl (C=O) groups is 2. The molecule has 33 heavy (non-hydrogen) atoms. The molecule has 1 amide bonds. The smallest absolute Gasteiger partial charge is 0.269 e. The summed E-state index contributed by atoms with van der Waals surface area (Å²) >= 11 is 0. The second kappa shape index (κ2) is 9.65. The van der Waals surface area contributed by atoms with E-state index in [1.807, 2.05) is 0 Å². The number of primary amides is 1. The molecule has 7 nitrogen and oxygen atoms in total. The molecule has 0 spiro atoms. The third kappa shape index (κ3) is 4.42. The summed E-state index contributed by atoms with van der Waals surface area (Å²) in [5.41, 5.74) is 12.2. The van der Waals surface area contributed by atoms with Crippen LogP contribution in [0, 0.1) is 5.41 Å². The zero-order valence-corrected chi connectivity index (χ0v) is 19.4. The molecule has 0 saturated heterocycles. The fraction of sp³-hybridized carbons (Fsp3) is 0.615. The molecular formula is C26H35N3O4. The predicted molar refractivity (Wildman–Crippen MR) is 130 cm³/mol. The van der Waals surface area contributed by atoms with Crippen molar-refractivity contribution in [2.45, 2.75) is 96.3 Å². The van der Waals surface area contributed by atoms with E-state index in [1.165, 1.54) is 0 Å². The molecule has 0 unspecified atom stereocenters. The van der Waals surface area contributed by atoms with E-state index >= 15 is 0 Å². The molecule has 0 atom stereocenters. The van der Waals surface area contributed by atoms with Crippen molar-refractivity contribution in [3.05, 3.63) is 37.9 Å². The molecule has 4 N–H and O–H groups in total. The maximum atomic E-state index is 13.4. The third-order valence-corrected chi connectivity index (χ3v) is 7.91. The molecular weight excluding hydrogens is 418 g/mol. The van der Waals surface area contributed by atoms with Gasteiger partial charge in [0, 0.05) is 22.9 Å². The number of hydrogen-bond acceptors (Lipinski definition) is 5. The van der Waals surface area contributed by atoms with Crippen molar-refractivity contribution in [1.29, 1.82) is 0 Å². The van der Waals surface area contributed by atoms with Crippen molar-refractivity contribution in [2.75, 3.05) is 5.73 Å². The monoisotopic (exact) mass is 453 g/mol. The van der Waals surface area contributed by atoms with Gasteiger partial charge in [0.25, 0.3) is 11.1 Å². The molecule has 1 fully saturated rings. The minimum absolute atomic E-state index is 0.0254. The van der Waals surface area contributed by atoms with Crippen molar-refractivity contribution in [1.82, 2.24) is 4.57 Å². The molecule has 7 heteroatoms. The minimum Gasteiger partial charge on any atom is -0.398 e. The maximum Gasteiger partial charge on any atom is 0.269 e. The van der Waals surface area contributed by atoms with Crippen LogP contribution in [0.4, 0.5) is 5.69 Å². The summed E-state index contributed by atoms with van der Waals surface area (Å²) in [6.07, 6.45) is 12.0. The van der Waals surface area contributed by atoms with Crippen LogP contribution in [-0.2, 0) is 17.6 Å². The van der Waals surface area contributed by atoms with E-state index in [0.717, 1.165) is 86.3 Å². The number of carbonyl (C=O) groups excluding carboxylic acids is 2. The molecule has 1 saturated carbocycles. The first-order chi connectivity index (χ1) is 15.9. The van der Waals surface area contributed by atoms with Crippen molar-refractivity contribution in [3.8, 4) is 0 Å². The van der Waals surface area contributed by atoms with Crippen molar-refractivity contribution in [2.24, 2.45) is 11.1 Å². The molecule has 2 aliphatic rings. The summed E-state index contributed by atoms with van der Waals surface area (Å²) in [4.78, 5) is 52.2. The lowest BCUT2D eigenvalue weighted by atomic mass is 9.75. The summed E-state index contributed by atoms with van der Waals surface area (Å²) in [6, 6.07) is 1.58. The van der Waals surface area contributed by atoms with E-state index in [4.69, 9.17) is 11.5 Å². The highest BCUT2D eigenvalue weighted by molar-refractivity contribution is 5.90. The number of benzene rings is 1. The van der Waals surface area contributed by atoms with Crippen LogP contribution >= 0.6 is 0 Å². The SMILES string of the molecule is NC(=O)C1(CCCC(=O)n2c(=O)c3cc(N)c(c4c3CCCCCC4)c2=O)CCCCCC1. The number of aromatic nitrogens is 1. The van der Waals surface area contributed by atoms with Crippen LogP contribution < -0.4 is 22.6 Å². The van der Waals surface area contributed by atoms with Gasteiger partial charge in [-0.25, -0.2) is 4.57 Å². The Balaban J connectivity index is 1.65. The highest BCUT2D eigenvalue weighted by atomic mass is 16.2. The standard InChI is InChI=1S/C26H35N3O4/c27-20-16-19-17-10-5-1-2-6-11-18(17)22(20)24(32)29(23(19)31)21(30)12-9-15-26(25(28)33)13-7-3-4-8-14-26/h16H,1-15,27H2,(H2,28,33). The molecule has 2 aromatic heterocycles. The lowest BCUT2D eigenvalue weighted by molar-refractivity contribution is -0.129. The van der Waals surface area contributed by atoms with Gasteiger partial charge in [-0.15, -0.1) is 0 Å². The Labute approximate surface area is 193 Å². The van der Waals surface area contributed by atoms with Crippen molar-refractivity contribution >= 4 is 28.3 Å². The number of amides is 1. The van der Waals surface area contributed by atoms with Gasteiger partial charge in [0.1, 0.15) is 0 Å². The van der Waals surface area contributed by atoms with Crippen LogP contribution in [0.1, 0.15) is 99.4 Å². The first-order valence-corrected chi connectivity index (χ1v) is 12.5. The van der Waals surface area contributed by atoms with E-state index in [9.17, 15) is 19.2 Å². The minimum atomic E-state index is -0.599. The molecule has 5 rings (SSSR count). The molecule has 2 bridgehead atoms. The van der Waals surface area contributed by atoms with Gasteiger partial charge < -0.3 is 11.5 Å². The fourth-order valence-corrected chi connectivity index (χ4v) is 6.03. The highest BCUT2D eigenvalue weighted by Gasteiger charge is 2.36. The highest BCUT2D eigenvalue weighted by Crippen LogP contribution is 2.39. The topological polar surface area (TPSA) is 125 Å². The molecule has 0 aliphatic heterocycles. The van der Waals surface area contributed by atoms with Gasteiger partial charge in [0.2, 0.25) is 11.8 Å². The predicted octanol–water partition coefficient (Wildman–Crippen LogP) is 3.68. The Morgan fingerprint density at radius 1 is 0.879 bits per heavy atom. The fourth-order valence-electron chi connectivity index (χ4n) is 6.03. The van der Waals surface area contributed by atoms with Gasteiger partial charge in [-0.05, 0) is 68.6 Å².